The lowest BCUT2D eigenvalue weighted by Crippen LogP contribution is -2.43. The monoisotopic (exact) mass is 326 g/mol. The summed E-state index contributed by atoms with van der Waals surface area (Å²) in [5.74, 6) is 1.50. The van der Waals surface area contributed by atoms with Crippen LogP contribution in [-0.4, -0.2) is 47.0 Å². The SMILES string of the molecule is COc1cc(NC2CCN(C(=O)Cc3ccccc3)CC2)ncn1. The van der Waals surface area contributed by atoms with Gasteiger partial charge >= 0.3 is 0 Å². The summed E-state index contributed by atoms with van der Waals surface area (Å²) < 4.78 is 5.11. The minimum atomic E-state index is 0.198. The normalized spacial score (nSPS) is 15.1. The summed E-state index contributed by atoms with van der Waals surface area (Å²) in [6, 6.07) is 12.0. The lowest BCUT2D eigenvalue weighted by molar-refractivity contribution is -0.131. The van der Waals surface area contributed by atoms with Crippen molar-refractivity contribution < 1.29 is 9.53 Å². The molecule has 1 amide bonds. The molecule has 1 fully saturated rings. The first-order chi connectivity index (χ1) is 11.7. The highest BCUT2D eigenvalue weighted by molar-refractivity contribution is 5.78. The number of carbonyl (C=O) groups is 1. The summed E-state index contributed by atoms with van der Waals surface area (Å²) in [6.07, 6.45) is 3.78. The first kappa shape index (κ1) is 16.2. The molecule has 2 heterocycles. The number of methoxy groups -OCH3 is 1. The third-order valence-electron chi connectivity index (χ3n) is 4.25. The van der Waals surface area contributed by atoms with Crippen molar-refractivity contribution in [2.75, 3.05) is 25.5 Å². The Morgan fingerprint density at radius 3 is 2.71 bits per heavy atom. The molecule has 126 valence electrons. The lowest BCUT2D eigenvalue weighted by Gasteiger charge is -2.32. The second-order valence-corrected chi connectivity index (χ2v) is 5.91. The summed E-state index contributed by atoms with van der Waals surface area (Å²) in [4.78, 5) is 22.5. The fraction of sp³-hybridized carbons (Fsp3) is 0.389. The van der Waals surface area contributed by atoms with Crippen molar-refractivity contribution in [2.24, 2.45) is 0 Å². The molecule has 1 aromatic heterocycles. The van der Waals surface area contributed by atoms with Crippen LogP contribution < -0.4 is 10.1 Å². The maximum absolute atomic E-state index is 12.4. The van der Waals surface area contributed by atoms with Crippen molar-refractivity contribution in [1.29, 1.82) is 0 Å². The number of rotatable bonds is 5. The number of likely N-dealkylation sites (tertiary alicyclic amines) is 1. The maximum Gasteiger partial charge on any atom is 0.226 e. The van der Waals surface area contributed by atoms with Gasteiger partial charge in [-0.05, 0) is 18.4 Å². The van der Waals surface area contributed by atoms with Gasteiger partial charge in [0.1, 0.15) is 12.1 Å². The first-order valence-electron chi connectivity index (χ1n) is 8.19. The molecule has 1 aliphatic heterocycles. The Labute approximate surface area is 141 Å². The molecular formula is C18H22N4O2. The number of ether oxygens (including phenoxy) is 1. The zero-order valence-electron chi connectivity index (χ0n) is 13.8. The smallest absolute Gasteiger partial charge is 0.226 e. The Bertz CT molecular complexity index is 670. The van der Waals surface area contributed by atoms with Crippen LogP contribution in [0.15, 0.2) is 42.7 Å². The Hall–Kier alpha value is -2.63. The van der Waals surface area contributed by atoms with Crippen molar-refractivity contribution in [1.82, 2.24) is 14.9 Å². The highest BCUT2D eigenvalue weighted by Crippen LogP contribution is 2.18. The first-order valence-corrected chi connectivity index (χ1v) is 8.19. The van der Waals surface area contributed by atoms with E-state index in [0.29, 0.717) is 18.3 Å². The van der Waals surface area contributed by atoms with E-state index >= 15 is 0 Å². The number of nitrogens with one attached hydrogen (secondary N) is 1. The molecule has 0 atom stereocenters. The van der Waals surface area contributed by atoms with Crippen molar-refractivity contribution in [2.45, 2.75) is 25.3 Å². The number of aromatic nitrogens is 2. The van der Waals surface area contributed by atoms with Crippen LogP contribution in [0.25, 0.3) is 0 Å². The number of hydrogen-bond acceptors (Lipinski definition) is 5. The second kappa shape index (κ2) is 7.77. The van der Waals surface area contributed by atoms with E-state index in [9.17, 15) is 4.79 Å². The van der Waals surface area contributed by atoms with Gasteiger partial charge in [-0.25, -0.2) is 9.97 Å². The van der Waals surface area contributed by atoms with Gasteiger partial charge in [0.05, 0.1) is 13.5 Å². The molecule has 0 unspecified atom stereocenters. The highest BCUT2D eigenvalue weighted by atomic mass is 16.5. The average molecular weight is 326 g/mol. The molecule has 0 aliphatic carbocycles. The van der Waals surface area contributed by atoms with E-state index in [0.717, 1.165) is 37.3 Å². The summed E-state index contributed by atoms with van der Waals surface area (Å²) in [5.41, 5.74) is 1.07. The number of amides is 1. The molecule has 1 aromatic carbocycles. The van der Waals surface area contributed by atoms with E-state index in [1.54, 1.807) is 13.2 Å². The molecule has 0 radical (unpaired) electrons. The van der Waals surface area contributed by atoms with Gasteiger partial charge in [0, 0.05) is 25.2 Å². The summed E-state index contributed by atoms with van der Waals surface area (Å²) >= 11 is 0. The van der Waals surface area contributed by atoms with Crippen LogP contribution in [0.5, 0.6) is 5.88 Å². The zero-order valence-corrected chi connectivity index (χ0v) is 13.8. The van der Waals surface area contributed by atoms with Crippen LogP contribution in [0.3, 0.4) is 0 Å². The van der Waals surface area contributed by atoms with Crippen molar-refractivity contribution >= 4 is 11.7 Å². The molecule has 24 heavy (non-hydrogen) atoms. The van der Waals surface area contributed by atoms with E-state index in [2.05, 4.69) is 15.3 Å². The minimum absolute atomic E-state index is 0.198. The molecule has 0 spiro atoms. The van der Waals surface area contributed by atoms with Gasteiger partial charge in [0.2, 0.25) is 11.8 Å². The van der Waals surface area contributed by atoms with E-state index < -0.39 is 0 Å². The van der Waals surface area contributed by atoms with Crippen LogP contribution in [0.4, 0.5) is 5.82 Å². The Morgan fingerprint density at radius 2 is 2.00 bits per heavy atom. The molecular weight excluding hydrogens is 304 g/mol. The van der Waals surface area contributed by atoms with Gasteiger partial charge in [0.25, 0.3) is 0 Å². The highest BCUT2D eigenvalue weighted by Gasteiger charge is 2.23. The molecule has 0 saturated carbocycles. The number of piperidine rings is 1. The largest absolute Gasteiger partial charge is 0.481 e. The number of carbonyl (C=O) groups excluding carboxylic acids is 1. The van der Waals surface area contributed by atoms with Crippen molar-refractivity contribution in [3.8, 4) is 5.88 Å². The van der Waals surface area contributed by atoms with Crippen molar-refractivity contribution in [3.63, 3.8) is 0 Å². The Morgan fingerprint density at radius 1 is 1.25 bits per heavy atom. The molecule has 1 N–H and O–H groups in total. The number of hydrogen-bond donors (Lipinski definition) is 1. The van der Waals surface area contributed by atoms with Crippen LogP contribution in [0, 0.1) is 0 Å². The van der Waals surface area contributed by atoms with E-state index in [4.69, 9.17) is 4.74 Å². The lowest BCUT2D eigenvalue weighted by atomic mass is 10.0. The van der Waals surface area contributed by atoms with E-state index in [1.807, 2.05) is 35.2 Å². The Kier molecular flexibility index (Phi) is 5.25. The van der Waals surface area contributed by atoms with Crippen LogP contribution in [-0.2, 0) is 11.2 Å². The van der Waals surface area contributed by atoms with Crippen LogP contribution in [0.2, 0.25) is 0 Å². The fourth-order valence-electron chi connectivity index (χ4n) is 2.89. The number of anilines is 1. The predicted octanol–water partition coefficient (Wildman–Crippen LogP) is 2.13. The zero-order chi connectivity index (χ0) is 16.8. The molecule has 3 rings (SSSR count). The third-order valence-corrected chi connectivity index (χ3v) is 4.25. The minimum Gasteiger partial charge on any atom is -0.481 e. The predicted molar refractivity (Wildman–Crippen MR) is 92.0 cm³/mol. The van der Waals surface area contributed by atoms with Gasteiger partial charge in [-0.15, -0.1) is 0 Å². The van der Waals surface area contributed by atoms with E-state index in [1.165, 1.54) is 6.33 Å². The summed E-state index contributed by atoms with van der Waals surface area (Å²) in [5, 5.41) is 3.40. The van der Waals surface area contributed by atoms with Crippen molar-refractivity contribution in [3.05, 3.63) is 48.3 Å². The average Bonchev–Trinajstić information content (AvgIpc) is 2.63. The molecule has 2 aromatic rings. The quantitative estimate of drug-likeness (QED) is 0.912. The molecule has 1 aliphatic rings. The van der Waals surface area contributed by atoms with Gasteiger partial charge in [-0.2, -0.15) is 0 Å². The summed E-state index contributed by atoms with van der Waals surface area (Å²) in [6.45, 7) is 1.54. The van der Waals surface area contributed by atoms with Crippen LogP contribution >= 0.6 is 0 Å². The fourth-order valence-corrected chi connectivity index (χ4v) is 2.89. The molecule has 6 nitrogen and oxygen atoms in total. The summed E-state index contributed by atoms with van der Waals surface area (Å²) in [7, 11) is 1.59. The number of benzene rings is 1. The third kappa shape index (κ3) is 4.22. The number of nitrogens with zero attached hydrogens (tertiary/aromatic N) is 3. The molecule has 0 bridgehead atoms. The Balaban J connectivity index is 1.49. The van der Waals surface area contributed by atoms with Gasteiger partial charge < -0.3 is 15.0 Å². The maximum atomic E-state index is 12.4. The van der Waals surface area contributed by atoms with Gasteiger partial charge in [0.15, 0.2) is 0 Å². The standard InChI is InChI=1S/C18H22N4O2/c1-24-17-12-16(19-13-20-17)21-15-7-9-22(10-8-15)18(23)11-14-5-3-2-4-6-14/h2-6,12-13,15H,7-11H2,1H3,(H,19,20,21). The topological polar surface area (TPSA) is 67.3 Å². The molecule has 1 saturated heterocycles. The van der Waals surface area contributed by atoms with Crippen LogP contribution in [0.1, 0.15) is 18.4 Å². The van der Waals surface area contributed by atoms with E-state index in [-0.39, 0.29) is 5.91 Å². The molecule has 6 heteroatoms. The van der Waals surface area contributed by atoms with Gasteiger partial charge in [-0.1, -0.05) is 30.3 Å². The second-order valence-electron chi connectivity index (χ2n) is 5.91. The van der Waals surface area contributed by atoms with Gasteiger partial charge in [-0.3, -0.25) is 4.79 Å².